The summed E-state index contributed by atoms with van der Waals surface area (Å²) in [6.45, 7) is 2.36. The molecule has 0 unspecified atom stereocenters. The Morgan fingerprint density at radius 3 is 2.32 bits per heavy atom. The molecule has 0 heterocycles. The van der Waals surface area contributed by atoms with Crippen LogP contribution in [0.5, 0.6) is 0 Å². The second-order valence-corrected chi connectivity index (χ2v) is 8.62. The Morgan fingerprint density at radius 2 is 1.72 bits per heavy atom. The Labute approximate surface area is 149 Å². The lowest BCUT2D eigenvalue weighted by Gasteiger charge is -2.56. The Kier molecular flexibility index (Phi) is 4.30. The first-order valence-corrected chi connectivity index (χ1v) is 9.67. The van der Waals surface area contributed by atoms with E-state index in [2.05, 4.69) is 10.6 Å². The van der Waals surface area contributed by atoms with Crippen LogP contribution in [0, 0.1) is 24.7 Å². The molecule has 0 saturated heterocycles. The minimum atomic E-state index is -0.105. The summed E-state index contributed by atoms with van der Waals surface area (Å²) >= 11 is 0. The summed E-state index contributed by atoms with van der Waals surface area (Å²) in [6, 6.07) is 7.52. The molecule has 0 aliphatic heterocycles. The van der Waals surface area contributed by atoms with E-state index < -0.39 is 0 Å². The predicted molar refractivity (Wildman–Crippen MR) is 97.2 cm³/mol. The number of hydrogen-bond donors (Lipinski definition) is 2. The summed E-state index contributed by atoms with van der Waals surface area (Å²) in [4.78, 5) is 24.6. The van der Waals surface area contributed by atoms with Crippen molar-refractivity contribution in [3.05, 3.63) is 35.4 Å². The second-order valence-electron chi connectivity index (χ2n) is 8.62. The summed E-state index contributed by atoms with van der Waals surface area (Å²) in [5.41, 5.74) is 1.78. The first-order valence-electron chi connectivity index (χ1n) is 9.67. The van der Waals surface area contributed by atoms with Gasteiger partial charge < -0.3 is 10.6 Å². The van der Waals surface area contributed by atoms with Gasteiger partial charge in [0, 0.05) is 24.1 Å². The maximum atomic E-state index is 12.4. The van der Waals surface area contributed by atoms with Gasteiger partial charge in [0.25, 0.3) is 5.91 Å². The van der Waals surface area contributed by atoms with Crippen molar-refractivity contribution in [3.63, 3.8) is 0 Å². The lowest BCUT2D eigenvalue weighted by atomic mass is 9.53. The van der Waals surface area contributed by atoms with Crippen LogP contribution in [0.4, 0.5) is 0 Å². The summed E-state index contributed by atoms with van der Waals surface area (Å²) in [6.07, 6.45) is 7.99. The number of aryl methyl sites for hydroxylation is 1. The van der Waals surface area contributed by atoms with Crippen molar-refractivity contribution in [2.75, 3.05) is 6.54 Å². The zero-order valence-electron chi connectivity index (χ0n) is 15.0. The normalized spacial score (nSPS) is 32.4. The van der Waals surface area contributed by atoms with Gasteiger partial charge in [-0.3, -0.25) is 9.59 Å². The highest BCUT2D eigenvalue weighted by molar-refractivity contribution is 5.94. The molecule has 4 aliphatic rings. The predicted octanol–water partition coefficient (Wildman–Crippen LogP) is 3.20. The van der Waals surface area contributed by atoms with Crippen LogP contribution in [0.2, 0.25) is 0 Å². The monoisotopic (exact) mass is 340 g/mol. The van der Waals surface area contributed by atoms with Crippen LogP contribution < -0.4 is 10.6 Å². The van der Waals surface area contributed by atoms with Crippen molar-refractivity contribution < 1.29 is 9.59 Å². The van der Waals surface area contributed by atoms with Crippen molar-refractivity contribution in [1.29, 1.82) is 0 Å². The van der Waals surface area contributed by atoms with E-state index in [1.807, 2.05) is 25.1 Å². The zero-order chi connectivity index (χ0) is 17.4. The van der Waals surface area contributed by atoms with E-state index in [1.165, 1.54) is 38.5 Å². The Balaban J connectivity index is 1.26. The molecule has 2 amide bonds. The lowest BCUT2D eigenvalue weighted by molar-refractivity contribution is -0.126. The molecule has 4 nitrogen and oxygen atoms in total. The largest absolute Gasteiger partial charge is 0.352 e. The fraction of sp³-hybridized carbons (Fsp3) is 0.619. The molecule has 4 heteroatoms. The van der Waals surface area contributed by atoms with Gasteiger partial charge in [0.2, 0.25) is 5.91 Å². The third-order valence-corrected chi connectivity index (χ3v) is 6.36. The van der Waals surface area contributed by atoms with Gasteiger partial charge in [0.15, 0.2) is 0 Å². The summed E-state index contributed by atoms with van der Waals surface area (Å²) in [5, 5.41) is 6.22. The number of benzene rings is 1. The smallest absolute Gasteiger partial charge is 0.251 e. The first-order chi connectivity index (χ1) is 12.0. The molecule has 1 aromatic carbocycles. The third kappa shape index (κ3) is 3.58. The molecule has 4 bridgehead atoms. The van der Waals surface area contributed by atoms with Crippen molar-refractivity contribution in [2.45, 2.75) is 57.4 Å². The van der Waals surface area contributed by atoms with Gasteiger partial charge in [-0.1, -0.05) is 17.7 Å². The van der Waals surface area contributed by atoms with Gasteiger partial charge in [-0.25, -0.2) is 0 Å². The van der Waals surface area contributed by atoms with Crippen LogP contribution in [-0.2, 0) is 4.79 Å². The third-order valence-electron chi connectivity index (χ3n) is 6.36. The van der Waals surface area contributed by atoms with Crippen molar-refractivity contribution in [2.24, 2.45) is 17.8 Å². The minimum Gasteiger partial charge on any atom is -0.352 e. The standard InChI is InChI=1S/C21H28N2O2/c1-14-3-2-4-18(7-14)20(25)22-6-5-19(24)23-21-11-15-8-16(12-21)10-17(9-15)13-21/h2-4,7,15-17H,5-6,8-13H2,1H3,(H,22,25)(H,23,24). The molecular weight excluding hydrogens is 312 g/mol. The van der Waals surface area contributed by atoms with Crippen molar-refractivity contribution in [3.8, 4) is 0 Å². The molecule has 4 fully saturated rings. The number of rotatable bonds is 5. The van der Waals surface area contributed by atoms with Crippen molar-refractivity contribution in [1.82, 2.24) is 10.6 Å². The maximum Gasteiger partial charge on any atom is 0.251 e. The van der Waals surface area contributed by atoms with E-state index in [4.69, 9.17) is 0 Å². The van der Waals surface area contributed by atoms with Crippen LogP contribution >= 0.6 is 0 Å². The van der Waals surface area contributed by atoms with Gasteiger partial charge in [-0.2, -0.15) is 0 Å². The quantitative estimate of drug-likeness (QED) is 0.865. The van der Waals surface area contributed by atoms with Gasteiger partial charge in [0.05, 0.1) is 0 Å². The van der Waals surface area contributed by atoms with Crippen molar-refractivity contribution >= 4 is 11.8 Å². The molecule has 1 aromatic rings. The van der Waals surface area contributed by atoms with E-state index in [9.17, 15) is 9.59 Å². The number of nitrogens with one attached hydrogen (secondary N) is 2. The van der Waals surface area contributed by atoms with Crippen LogP contribution in [0.3, 0.4) is 0 Å². The van der Waals surface area contributed by atoms with Gasteiger partial charge in [0.1, 0.15) is 0 Å². The number of amides is 2. The summed E-state index contributed by atoms with van der Waals surface area (Å²) < 4.78 is 0. The zero-order valence-corrected chi connectivity index (χ0v) is 15.0. The maximum absolute atomic E-state index is 12.4. The Bertz CT molecular complexity index is 647. The van der Waals surface area contributed by atoms with Gasteiger partial charge in [-0.05, 0) is 75.3 Å². The number of carbonyl (C=O) groups is 2. The lowest BCUT2D eigenvalue weighted by Crippen LogP contribution is -2.60. The van der Waals surface area contributed by atoms with E-state index in [0.717, 1.165) is 23.3 Å². The number of carbonyl (C=O) groups excluding carboxylic acids is 2. The van der Waals surface area contributed by atoms with E-state index in [-0.39, 0.29) is 17.4 Å². The van der Waals surface area contributed by atoms with Crippen LogP contribution in [-0.4, -0.2) is 23.9 Å². The average molecular weight is 340 g/mol. The van der Waals surface area contributed by atoms with E-state index in [0.29, 0.717) is 18.5 Å². The molecule has 0 radical (unpaired) electrons. The Hall–Kier alpha value is -1.84. The van der Waals surface area contributed by atoms with Gasteiger partial charge in [-0.15, -0.1) is 0 Å². The molecule has 0 atom stereocenters. The van der Waals surface area contributed by atoms with E-state index in [1.54, 1.807) is 6.07 Å². The Morgan fingerprint density at radius 1 is 1.08 bits per heavy atom. The SMILES string of the molecule is Cc1cccc(C(=O)NCCC(=O)NC23CC4CC(CC(C4)C2)C3)c1. The fourth-order valence-corrected chi connectivity index (χ4v) is 5.80. The minimum absolute atomic E-state index is 0.0619. The summed E-state index contributed by atoms with van der Waals surface area (Å²) in [7, 11) is 0. The molecule has 25 heavy (non-hydrogen) atoms. The molecule has 2 N–H and O–H groups in total. The average Bonchev–Trinajstić information content (AvgIpc) is 2.52. The molecule has 134 valence electrons. The van der Waals surface area contributed by atoms with Crippen LogP contribution in [0.1, 0.15) is 60.9 Å². The molecule has 0 aromatic heterocycles. The van der Waals surface area contributed by atoms with Crippen LogP contribution in [0.15, 0.2) is 24.3 Å². The van der Waals surface area contributed by atoms with E-state index >= 15 is 0 Å². The highest BCUT2D eigenvalue weighted by atomic mass is 16.2. The fourth-order valence-electron chi connectivity index (χ4n) is 5.80. The molecule has 4 saturated carbocycles. The van der Waals surface area contributed by atoms with Crippen LogP contribution in [0.25, 0.3) is 0 Å². The van der Waals surface area contributed by atoms with Gasteiger partial charge >= 0.3 is 0 Å². The summed E-state index contributed by atoms with van der Waals surface area (Å²) in [5.74, 6) is 2.46. The molecular formula is C21H28N2O2. The molecule has 5 rings (SSSR count). The molecule has 0 spiro atoms. The number of hydrogen-bond acceptors (Lipinski definition) is 2. The molecule has 4 aliphatic carbocycles. The highest BCUT2D eigenvalue weighted by Gasteiger charge is 2.51. The second kappa shape index (κ2) is 6.47. The first kappa shape index (κ1) is 16.6. The topological polar surface area (TPSA) is 58.2 Å². The highest BCUT2D eigenvalue weighted by Crippen LogP contribution is 2.55.